The molecule has 0 radical (unpaired) electrons. The minimum atomic E-state index is -0.244. The van der Waals surface area contributed by atoms with Crippen LogP contribution in [0.3, 0.4) is 0 Å². The Morgan fingerprint density at radius 1 is 1.05 bits per heavy atom. The van der Waals surface area contributed by atoms with Gasteiger partial charge in [-0.15, -0.1) is 0 Å². The average Bonchev–Trinajstić information content (AvgIpc) is 2.49. The summed E-state index contributed by atoms with van der Waals surface area (Å²) in [6.45, 7) is 2.16. The summed E-state index contributed by atoms with van der Waals surface area (Å²) >= 11 is 0. The highest BCUT2D eigenvalue weighted by Gasteiger charge is 2.31. The highest BCUT2D eigenvalue weighted by Crippen LogP contribution is 2.32. The summed E-state index contributed by atoms with van der Waals surface area (Å²) in [5.74, 6) is -0.489. The summed E-state index contributed by atoms with van der Waals surface area (Å²) in [5.41, 5.74) is 7.58. The Labute approximate surface area is 116 Å². The van der Waals surface area contributed by atoms with Gasteiger partial charge >= 0.3 is 0 Å². The molecule has 0 unspecified atom stereocenters. The predicted octanol–water partition coefficient (Wildman–Crippen LogP) is 1.65. The molecule has 0 fully saturated rings. The summed E-state index contributed by atoms with van der Waals surface area (Å²) in [7, 11) is 1.00. The first-order valence-corrected chi connectivity index (χ1v) is 6.27. The third-order valence-electron chi connectivity index (χ3n) is 3.34. The summed E-state index contributed by atoms with van der Waals surface area (Å²) in [5, 5.41) is 8.44. The van der Waals surface area contributed by atoms with Crippen LogP contribution in [0.1, 0.15) is 27.6 Å². The number of aliphatic hydroxyl groups is 1. The SMILES string of the molecule is CCN1C(=O)c2cccc3c(N)ccc(c23)C1=O.CO. The monoisotopic (exact) mass is 272 g/mol. The van der Waals surface area contributed by atoms with E-state index in [-0.39, 0.29) is 11.8 Å². The van der Waals surface area contributed by atoms with Gasteiger partial charge in [0.2, 0.25) is 0 Å². The van der Waals surface area contributed by atoms with Gasteiger partial charge in [-0.1, -0.05) is 12.1 Å². The first kappa shape index (κ1) is 14.0. The number of anilines is 1. The molecule has 1 aliphatic rings. The second-order valence-corrected chi connectivity index (χ2v) is 4.29. The highest BCUT2D eigenvalue weighted by molar-refractivity contribution is 6.26. The van der Waals surface area contributed by atoms with Crippen LogP contribution in [0.25, 0.3) is 10.8 Å². The molecule has 20 heavy (non-hydrogen) atoms. The lowest BCUT2D eigenvalue weighted by atomic mass is 9.93. The molecular formula is C15H16N2O3. The maximum absolute atomic E-state index is 12.2. The van der Waals surface area contributed by atoms with Crippen molar-refractivity contribution < 1.29 is 14.7 Å². The van der Waals surface area contributed by atoms with Crippen LogP contribution in [-0.2, 0) is 0 Å². The summed E-state index contributed by atoms with van der Waals surface area (Å²) in [6, 6.07) is 8.77. The number of carbonyl (C=O) groups excluding carboxylic acids is 2. The van der Waals surface area contributed by atoms with Gasteiger partial charge in [0.25, 0.3) is 11.8 Å². The molecule has 1 heterocycles. The summed E-state index contributed by atoms with van der Waals surface area (Å²) < 4.78 is 0. The van der Waals surface area contributed by atoms with E-state index in [1.165, 1.54) is 4.90 Å². The van der Waals surface area contributed by atoms with Crippen molar-refractivity contribution >= 4 is 28.3 Å². The van der Waals surface area contributed by atoms with Gasteiger partial charge in [-0.25, -0.2) is 0 Å². The third kappa shape index (κ3) is 1.83. The lowest BCUT2D eigenvalue weighted by molar-refractivity contribution is 0.0619. The van der Waals surface area contributed by atoms with E-state index in [1.807, 2.05) is 6.07 Å². The standard InChI is InChI=1S/C14H12N2O2.CH4O/c1-2-16-13(17)9-5-3-4-8-11(15)7-6-10(12(8)9)14(16)18;1-2/h3-7H,2,15H2,1H3;2H,1H3. The zero-order valence-corrected chi connectivity index (χ0v) is 11.4. The molecular weight excluding hydrogens is 256 g/mol. The molecule has 3 N–H and O–H groups in total. The minimum absolute atomic E-state index is 0.244. The molecule has 0 saturated carbocycles. The normalized spacial score (nSPS) is 13.2. The zero-order chi connectivity index (χ0) is 14.9. The number of rotatable bonds is 1. The topological polar surface area (TPSA) is 83.6 Å². The van der Waals surface area contributed by atoms with Gasteiger partial charge in [-0.2, -0.15) is 0 Å². The maximum atomic E-state index is 12.2. The summed E-state index contributed by atoms with van der Waals surface area (Å²) in [6.07, 6.45) is 0. The fourth-order valence-electron chi connectivity index (χ4n) is 2.46. The van der Waals surface area contributed by atoms with Crippen LogP contribution in [0, 0.1) is 0 Å². The van der Waals surface area contributed by atoms with Gasteiger partial charge in [0.1, 0.15) is 0 Å². The van der Waals surface area contributed by atoms with E-state index in [9.17, 15) is 9.59 Å². The smallest absolute Gasteiger partial charge is 0.261 e. The molecule has 0 aromatic heterocycles. The Hall–Kier alpha value is -2.40. The molecule has 0 atom stereocenters. The van der Waals surface area contributed by atoms with Crippen molar-refractivity contribution in [3.05, 3.63) is 41.5 Å². The molecule has 0 spiro atoms. The largest absolute Gasteiger partial charge is 0.400 e. The Balaban J connectivity index is 0.000000704. The van der Waals surface area contributed by atoms with E-state index in [0.717, 1.165) is 12.5 Å². The molecule has 2 amide bonds. The van der Waals surface area contributed by atoms with Crippen molar-refractivity contribution in [2.45, 2.75) is 6.92 Å². The first-order chi connectivity index (χ1) is 9.65. The number of nitrogens with zero attached hydrogens (tertiary/aromatic N) is 1. The number of aliphatic hydroxyl groups excluding tert-OH is 1. The van der Waals surface area contributed by atoms with Crippen LogP contribution in [0.15, 0.2) is 30.3 Å². The lowest BCUT2D eigenvalue weighted by Gasteiger charge is -2.26. The van der Waals surface area contributed by atoms with Crippen molar-refractivity contribution in [2.24, 2.45) is 0 Å². The molecule has 3 rings (SSSR count). The zero-order valence-electron chi connectivity index (χ0n) is 11.4. The van der Waals surface area contributed by atoms with Gasteiger partial charge in [0.15, 0.2) is 0 Å². The fraction of sp³-hybridized carbons (Fsp3) is 0.200. The molecule has 0 aliphatic carbocycles. The lowest BCUT2D eigenvalue weighted by Crippen LogP contribution is -2.40. The van der Waals surface area contributed by atoms with Crippen molar-refractivity contribution in [2.75, 3.05) is 19.4 Å². The highest BCUT2D eigenvalue weighted by atomic mass is 16.2. The Kier molecular flexibility index (Phi) is 3.72. The van der Waals surface area contributed by atoms with Crippen LogP contribution >= 0.6 is 0 Å². The van der Waals surface area contributed by atoms with Crippen LogP contribution in [0.2, 0.25) is 0 Å². The van der Waals surface area contributed by atoms with Crippen LogP contribution < -0.4 is 5.73 Å². The van der Waals surface area contributed by atoms with Crippen molar-refractivity contribution in [1.29, 1.82) is 0 Å². The van der Waals surface area contributed by atoms with E-state index in [4.69, 9.17) is 10.8 Å². The minimum Gasteiger partial charge on any atom is -0.400 e. The number of nitrogen functional groups attached to an aromatic ring is 1. The Bertz CT molecular complexity index is 673. The number of hydrogen-bond acceptors (Lipinski definition) is 4. The Morgan fingerprint density at radius 3 is 2.25 bits per heavy atom. The van der Waals surface area contributed by atoms with Crippen molar-refractivity contribution in [3.8, 4) is 0 Å². The molecule has 0 bridgehead atoms. The van der Waals surface area contributed by atoms with E-state index in [1.54, 1.807) is 31.2 Å². The number of imide groups is 1. The molecule has 2 aromatic carbocycles. The average molecular weight is 272 g/mol. The van der Waals surface area contributed by atoms with Crippen LogP contribution in [0.4, 0.5) is 5.69 Å². The van der Waals surface area contributed by atoms with Gasteiger partial charge < -0.3 is 10.8 Å². The second-order valence-electron chi connectivity index (χ2n) is 4.29. The van der Waals surface area contributed by atoms with E-state index >= 15 is 0 Å². The molecule has 2 aromatic rings. The van der Waals surface area contributed by atoms with Gasteiger partial charge in [0, 0.05) is 41.2 Å². The van der Waals surface area contributed by atoms with Gasteiger partial charge in [0.05, 0.1) is 0 Å². The predicted molar refractivity (Wildman–Crippen MR) is 77.5 cm³/mol. The second kappa shape index (κ2) is 5.30. The summed E-state index contributed by atoms with van der Waals surface area (Å²) in [4.78, 5) is 25.7. The molecule has 1 aliphatic heterocycles. The van der Waals surface area contributed by atoms with E-state index in [2.05, 4.69) is 0 Å². The van der Waals surface area contributed by atoms with Crippen LogP contribution in [-0.4, -0.2) is 35.5 Å². The quantitative estimate of drug-likeness (QED) is 0.610. The fourth-order valence-corrected chi connectivity index (χ4v) is 2.46. The van der Waals surface area contributed by atoms with Crippen molar-refractivity contribution in [1.82, 2.24) is 4.90 Å². The number of carbonyl (C=O) groups is 2. The number of amides is 2. The van der Waals surface area contributed by atoms with E-state index in [0.29, 0.717) is 28.7 Å². The Morgan fingerprint density at radius 2 is 1.65 bits per heavy atom. The number of benzene rings is 2. The molecule has 0 saturated heterocycles. The molecule has 5 heteroatoms. The van der Waals surface area contributed by atoms with E-state index < -0.39 is 0 Å². The van der Waals surface area contributed by atoms with Gasteiger partial charge in [-0.05, 0) is 25.1 Å². The maximum Gasteiger partial charge on any atom is 0.261 e. The third-order valence-corrected chi connectivity index (χ3v) is 3.34. The van der Waals surface area contributed by atoms with Crippen LogP contribution in [0.5, 0.6) is 0 Å². The molecule has 5 nitrogen and oxygen atoms in total. The van der Waals surface area contributed by atoms with Gasteiger partial charge in [-0.3, -0.25) is 14.5 Å². The number of hydrogen-bond donors (Lipinski definition) is 2. The van der Waals surface area contributed by atoms with Crippen molar-refractivity contribution in [3.63, 3.8) is 0 Å². The first-order valence-electron chi connectivity index (χ1n) is 6.27. The molecule has 104 valence electrons. The number of nitrogens with two attached hydrogens (primary N) is 1.